The molecule has 1 atom stereocenters. The highest BCUT2D eigenvalue weighted by molar-refractivity contribution is 5.45. The topological polar surface area (TPSA) is 51.4 Å². The van der Waals surface area contributed by atoms with Gasteiger partial charge < -0.3 is 9.15 Å². The van der Waals surface area contributed by atoms with E-state index in [2.05, 4.69) is 21.8 Å². The highest BCUT2D eigenvalue weighted by atomic mass is 16.5. The van der Waals surface area contributed by atoms with E-state index in [1.807, 2.05) is 24.5 Å². The molecule has 1 aliphatic rings. The first kappa shape index (κ1) is 15.2. The van der Waals surface area contributed by atoms with Crippen molar-refractivity contribution < 1.29 is 9.15 Å². The molecule has 0 aliphatic carbocycles. The summed E-state index contributed by atoms with van der Waals surface area (Å²) in [6.07, 6.45) is 9.24. The van der Waals surface area contributed by atoms with Crippen molar-refractivity contribution in [1.29, 1.82) is 0 Å². The standard InChI is InChI=1S/C17H23N3O2/c1-2-8-21-15-5-3-7-20(13-15)12-14-10-18-17(19-11-14)16-6-4-9-22-16/h4,6,9-11,15H,2-3,5,7-8,12-13H2,1H3/t15-/m0/s1. The molecule has 3 rings (SSSR count). The molecule has 2 aromatic rings. The van der Waals surface area contributed by atoms with Crippen LogP contribution in [0.5, 0.6) is 0 Å². The maximum atomic E-state index is 5.88. The average Bonchev–Trinajstić information content (AvgIpc) is 3.08. The molecule has 2 aromatic heterocycles. The number of likely N-dealkylation sites (tertiary alicyclic amines) is 1. The number of nitrogens with zero attached hydrogens (tertiary/aromatic N) is 3. The third-order valence-corrected chi connectivity index (χ3v) is 3.87. The van der Waals surface area contributed by atoms with Crippen LogP contribution in [0, 0.1) is 0 Å². The Morgan fingerprint density at radius 3 is 2.95 bits per heavy atom. The molecule has 0 saturated carbocycles. The van der Waals surface area contributed by atoms with Gasteiger partial charge >= 0.3 is 0 Å². The fourth-order valence-corrected chi connectivity index (χ4v) is 2.80. The summed E-state index contributed by atoms with van der Waals surface area (Å²) in [6.45, 7) is 6.01. The molecule has 1 fully saturated rings. The van der Waals surface area contributed by atoms with Crippen molar-refractivity contribution in [3.05, 3.63) is 36.4 Å². The number of hydrogen-bond donors (Lipinski definition) is 0. The van der Waals surface area contributed by atoms with E-state index in [0.717, 1.165) is 38.2 Å². The first-order valence-corrected chi connectivity index (χ1v) is 8.04. The molecular formula is C17H23N3O2. The third-order valence-electron chi connectivity index (χ3n) is 3.87. The van der Waals surface area contributed by atoms with Crippen LogP contribution in [0.2, 0.25) is 0 Å². The summed E-state index contributed by atoms with van der Waals surface area (Å²) in [5, 5.41) is 0. The monoisotopic (exact) mass is 301 g/mol. The molecular weight excluding hydrogens is 278 g/mol. The Bertz CT molecular complexity index is 554. The molecule has 5 heteroatoms. The summed E-state index contributed by atoms with van der Waals surface area (Å²) in [7, 11) is 0. The zero-order valence-electron chi connectivity index (χ0n) is 13.1. The van der Waals surface area contributed by atoms with E-state index < -0.39 is 0 Å². The van der Waals surface area contributed by atoms with Gasteiger partial charge in [0.15, 0.2) is 11.6 Å². The summed E-state index contributed by atoms with van der Waals surface area (Å²) < 4.78 is 11.2. The molecule has 118 valence electrons. The number of hydrogen-bond acceptors (Lipinski definition) is 5. The molecule has 22 heavy (non-hydrogen) atoms. The van der Waals surface area contributed by atoms with E-state index in [4.69, 9.17) is 9.15 Å². The van der Waals surface area contributed by atoms with E-state index >= 15 is 0 Å². The molecule has 0 spiro atoms. The van der Waals surface area contributed by atoms with Crippen molar-refractivity contribution >= 4 is 0 Å². The van der Waals surface area contributed by atoms with Crippen molar-refractivity contribution in [2.45, 2.75) is 38.8 Å². The second kappa shape index (κ2) is 7.51. The quantitative estimate of drug-likeness (QED) is 0.820. The van der Waals surface area contributed by atoms with Gasteiger partial charge in [0.2, 0.25) is 0 Å². The minimum atomic E-state index is 0.372. The van der Waals surface area contributed by atoms with E-state index in [1.54, 1.807) is 6.26 Å². The predicted octanol–water partition coefficient (Wildman–Crippen LogP) is 3.13. The van der Waals surface area contributed by atoms with Gasteiger partial charge in [0.05, 0.1) is 12.4 Å². The summed E-state index contributed by atoms with van der Waals surface area (Å²) in [6, 6.07) is 3.71. The van der Waals surface area contributed by atoms with Crippen LogP contribution in [0.15, 0.2) is 35.2 Å². The molecule has 1 saturated heterocycles. The van der Waals surface area contributed by atoms with Crippen molar-refractivity contribution in [3.8, 4) is 11.6 Å². The maximum absolute atomic E-state index is 5.88. The summed E-state index contributed by atoms with van der Waals surface area (Å²) in [5.41, 5.74) is 1.13. The Morgan fingerprint density at radius 1 is 1.36 bits per heavy atom. The normalized spacial score (nSPS) is 19.4. The third kappa shape index (κ3) is 3.93. The van der Waals surface area contributed by atoms with Crippen LogP contribution in [0.1, 0.15) is 31.7 Å². The zero-order valence-corrected chi connectivity index (χ0v) is 13.1. The Morgan fingerprint density at radius 2 is 2.23 bits per heavy atom. The summed E-state index contributed by atoms with van der Waals surface area (Å²) >= 11 is 0. The molecule has 5 nitrogen and oxygen atoms in total. The minimum absolute atomic E-state index is 0.372. The Hall–Kier alpha value is -1.72. The molecule has 0 bridgehead atoms. The van der Waals surface area contributed by atoms with Crippen LogP contribution in [0.3, 0.4) is 0 Å². The van der Waals surface area contributed by atoms with Gasteiger partial charge in [0, 0.05) is 37.7 Å². The molecule has 0 radical (unpaired) electrons. The van der Waals surface area contributed by atoms with Gasteiger partial charge in [-0.1, -0.05) is 6.92 Å². The lowest BCUT2D eigenvalue weighted by molar-refractivity contribution is -0.00227. The molecule has 1 aliphatic heterocycles. The van der Waals surface area contributed by atoms with Gasteiger partial charge in [0.25, 0.3) is 0 Å². The van der Waals surface area contributed by atoms with E-state index in [0.29, 0.717) is 17.7 Å². The largest absolute Gasteiger partial charge is 0.461 e. The maximum Gasteiger partial charge on any atom is 0.195 e. The molecule has 0 unspecified atom stereocenters. The van der Waals surface area contributed by atoms with Crippen LogP contribution in [0.4, 0.5) is 0 Å². The number of ether oxygens (including phenoxy) is 1. The Kier molecular flexibility index (Phi) is 5.19. The number of aromatic nitrogens is 2. The van der Waals surface area contributed by atoms with E-state index in [1.165, 1.54) is 12.8 Å². The summed E-state index contributed by atoms with van der Waals surface area (Å²) in [5.74, 6) is 1.34. The second-order valence-electron chi connectivity index (χ2n) is 5.76. The second-order valence-corrected chi connectivity index (χ2v) is 5.76. The zero-order chi connectivity index (χ0) is 15.2. The average molecular weight is 301 g/mol. The number of rotatable bonds is 6. The smallest absolute Gasteiger partial charge is 0.195 e. The van der Waals surface area contributed by atoms with Crippen LogP contribution >= 0.6 is 0 Å². The highest BCUT2D eigenvalue weighted by Crippen LogP contribution is 2.17. The van der Waals surface area contributed by atoms with Gasteiger partial charge in [-0.3, -0.25) is 4.90 Å². The first-order chi connectivity index (χ1) is 10.8. The summed E-state index contributed by atoms with van der Waals surface area (Å²) in [4.78, 5) is 11.2. The molecule has 3 heterocycles. The van der Waals surface area contributed by atoms with Gasteiger partial charge in [-0.05, 0) is 37.9 Å². The SMILES string of the molecule is CCCO[C@H]1CCCN(Cc2cnc(-c3ccco3)nc2)C1. The lowest BCUT2D eigenvalue weighted by Gasteiger charge is -2.32. The molecule has 0 amide bonds. The lowest BCUT2D eigenvalue weighted by atomic mass is 10.1. The van der Waals surface area contributed by atoms with Crippen molar-refractivity contribution in [1.82, 2.24) is 14.9 Å². The van der Waals surface area contributed by atoms with Crippen LogP contribution < -0.4 is 0 Å². The predicted molar refractivity (Wildman–Crippen MR) is 84.3 cm³/mol. The lowest BCUT2D eigenvalue weighted by Crippen LogP contribution is -2.39. The van der Waals surface area contributed by atoms with Gasteiger partial charge in [0.1, 0.15) is 0 Å². The van der Waals surface area contributed by atoms with Crippen LogP contribution in [-0.2, 0) is 11.3 Å². The van der Waals surface area contributed by atoms with Crippen molar-refractivity contribution in [3.63, 3.8) is 0 Å². The van der Waals surface area contributed by atoms with Gasteiger partial charge in [-0.25, -0.2) is 9.97 Å². The Labute approximate surface area is 131 Å². The fraction of sp³-hybridized carbons (Fsp3) is 0.529. The van der Waals surface area contributed by atoms with Crippen molar-refractivity contribution in [2.24, 2.45) is 0 Å². The van der Waals surface area contributed by atoms with E-state index in [9.17, 15) is 0 Å². The minimum Gasteiger partial charge on any atom is -0.461 e. The van der Waals surface area contributed by atoms with Gasteiger partial charge in [-0.2, -0.15) is 0 Å². The van der Waals surface area contributed by atoms with Gasteiger partial charge in [-0.15, -0.1) is 0 Å². The van der Waals surface area contributed by atoms with Crippen LogP contribution in [0.25, 0.3) is 11.6 Å². The Balaban J connectivity index is 1.56. The molecule has 0 N–H and O–H groups in total. The highest BCUT2D eigenvalue weighted by Gasteiger charge is 2.20. The van der Waals surface area contributed by atoms with Crippen molar-refractivity contribution in [2.75, 3.05) is 19.7 Å². The number of piperidine rings is 1. The fourth-order valence-electron chi connectivity index (χ4n) is 2.80. The number of furan rings is 1. The molecule has 0 aromatic carbocycles. The van der Waals surface area contributed by atoms with E-state index in [-0.39, 0.29) is 0 Å². The first-order valence-electron chi connectivity index (χ1n) is 8.04. The van der Waals surface area contributed by atoms with Crippen LogP contribution in [-0.4, -0.2) is 40.7 Å².